The van der Waals surface area contributed by atoms with Crippen molar-refractivity contribution in [3.63, 3.8) is 0 Å². The smallest absolute Gasteiger partial charge is 0.230 e. The minimum atomic E-state index is -0.0130. The number of hydrogen-bond donors (Lipinski definition) is 2. The summed E-state index contributed by atoms with van der Waals surface area (Å²) in [4.78, 5) is 24.7. The molecule has 0 aliphatic rings. The Morgan fingerprint density at radius 2 is 2.08 bits per heavy atom. The first-order chi connectivity index (χ1) is 12.1. The molecule has 8 heteroatoms. The van der Waals surface area contributed by atoms with Gasteiger partial charge in [0, 0.05) is 23.4 Å². The summed E-state index contributed by atoms with van der Waals surface area (Å²) in [7, 11) is 0. The molecule has 0 aliphatic carbocycles. The van der Waals surface area contributed by atoms with Crippen molar-refractivity contribution in [3.05, 3.63) is 47.1 Å². The van der Waals surface area contributed by atoms with Gasteiger partial charge in [0.05, 0.1) is 16.3 Å². The van der Waals surface area contributed by atoms with E-state index in [9.17, 15) is 4.79 Å². The Morgan fingerprint density at radius 1 is 1.28 bits per heavy atom. The Kier molecular flexibility index (Phi) is 6.23. The van der Waals surface area contributed by atoms with Gasteiger partial charge in [-0.05, 0) is 25.1 Å². The van der Waals surface area contributed by atoms with E-state index in [0.717, 1.165) is 11.3 Å². The van der Waals surface area contributed by atoms with E-state index in [-0.39, 0.29) is 5.91 Å². The van der Waals surface area contributed by atoms with E-state index >= 15 is 0 Å². The quantitative estimate of drug-likeness (QED) is 0.471. The van der Waals surface area contributed by atoms with Crippen molar-refractivity contribution in [2.45, 2.75) is 17.0 Å². The van der Waals surface area contributed by atoms with E-state index < -0.39 is 0 Å². The highest BCUT2D eigenvalue weighted by Crippen LogP contribution is 2.20. The number of benzene rings is 1. The predicted octanol–water partition coefficient (Wildman–Crippen LogP) is 3.92. The van der Waals surface area contributed by atoms with Crippen molar-refractivity contribution >= 4 is 52.2 Å². The average Bonchev–Trinajstić information content (AvgIpc) is 3.00. The number of H-pyrrole nitrogens is 1. The number of hydrogen-bond acceptors (Lipinski definition) is 5. The number of amides is 1. The fourth-order valence-corrected chi connectivity index (χ4v) is 3.73. The normalized spacial score (nSPS) is 11.0. The number of thioether (sulfide) groups is 2. The van der Waals surface area contributed by atoms with E-state index in [1.165, 1.54) is 22.2 Å². The molecule has 25 heavy (non-hydrogen) atoms. The maximum Gasteiger partial charge on any atom is 0.230 e. The van der Waals surface area contributed by atoms with Crippen molar-refractivity contribution in [2.75, 3.05) is 18.1 Å². The molecule has 130 valence electrons. The van der Waals surface area contributed by atoms with Crippen LogP contribution in [0.3, 0.4) is 0 Å². The van der Waals surface area contributed by atoms with Gasteiger partial charge in [-0.15, -0.1) is 11.8 Å². The zero-order valence-electron chi connectivity index (χ0n) is 13.6. The summed E-state index contributed by atoms with van der Waals surface area (Å²) in [5.74, 6) is 1.14. The van der Waals surface area contributed by atoms with Crippen LogP contribution in [-0.4, -0.2) is 38.9 Å². The third kappa shape index (κ3) is 5.39. The van der Waals surface area contributed by atoms with E-state index in [1.807, 2.05) is 0 Å². The lowest BCUT2D eigenvalue weighted by Crippen LogP contribution is -2.27. The molecule has 3 aromatic rings. The SMILES string of the molecule is Cc1ccc(SCCNC(=O)CSc2nc3ncc(Cl)cc3[nH]2)cc1. The van der Waals surface area contributed by atoms with Gasteiger partial charge in [0.1, 0.15) is 0 Å². The van der Waals surface area contributed by atoms with Crippen LogP contribution >= 0.6 is 35.1 Å². The fourth-order valence-electron chi connectivity index (χ4n) is 2.10. The first kappa shape index (κ1) is 18.1. The van der Waals surface area contributed by atoms with Crippen LogP contribution in [0.4, 0.5) is 0 Å². The number of fused-ring (bicyclic) bond motifs is 1. The molecule has 2 heterocycles. The maximum atomic E-state index is 11.9. The number of aryl methyl sites for hydroxylation is 1. The van der Waals surface area contributed by atoms with Crippen LogP contribution < -0.4 is 5.32 Å². The highest BCUT2D eigenvalue weighted by molar-refractivity contribution is 7.99. The van der Waals surface area contributed by atoms with Gasteiger partial charge in [-0.25, -0.2) is 9.97 Å². The Hall–Kier alpha value is -1.70. The third-order valence-electron chi connectivity index (χ3n) is 3.34. The lowest BCUT2D eigenvalue weighted by molar-refractivity contribution is -0.118. The molecule has 0 unspecified atom stereocenters. The topological polar surface area (TPSA) is 70.7 Å². The Balaban J connectivity index is 1.39. The first-order valence-corrected chi connectivity index (χ1v) is 10.1. The van der Waals surface area contributed by atoms with E-state index in [0.29, 0.717) is 28.1 Å². The number of aromatic amines is 1. The number of halogens is 1. The molecule has 0 radical (unpaired) electrons. The van der Waals surface area contributed by atoms with Gasteiger partial charge in [-0.2, -0.15) is 0 Å². The number of rotatable bonds is 7. The molecular formula is C17H17ClN4OS2. The largest absolute Gasteiger partial charge is 0.355 e. The number of nitrogens with zero attached hydrogens (tertiary/aromatic N) is 2. The molecule has 5 nitrogen and oxygen atoms in total. The third-order valence-corrected chi connectivity index (χ3v) is 5.43. The van der Waals surface area contributed by atoms with Crippen molar-refractivity contribution < 1.29 is 4.79 Å². The first-order valence-electron chi connectivity index (χ1n) is 7.70. The molecule has 0 bridgehead atoms. The second kappa shape index (κ2) is 8.60. The van der Waals surface area contributed by atoms with Crippen LogP contribution in [0.5, 0.6) is 0 Å². The molecule has 0 fully saturated rings. The van der Waals surface area contributed by atoms with Gasteiger partial charge < -0.3 is 10.3 Å². The summed E-state index contributed by atoms with van der Waals surface area (Å²) < 4.78 is 0. The molecule has 3 rings (SSSR count). The van der Waals surface area contributed by atoms with Gasteiger partial charge in [0.15, 0.2) is 10.8 Å². The Morgan fingerprint density at radius 3 is 2.88 bits per heavy atom. The fraction of sp³-hybridized carbons (Fsp3) is 0.235. The highest BCUT2D eigenvalue weighted by Gasteiger charge is 2.08. The van der Waals surface area contributed by atoms with Gasteiger partial charge in [-0.3, -0.25) is 4.79 Å². The zero-order valence-corrected chi connectivity index (χ0v) is 16.0. The number of carbonyl (C=O) groups is 1. The van der Waals surface area contributed by atoms with Gasteiger partial charge in [-0.1, -0.05) is 41.1 Å². The molecule has 0 saturated heterocycles. The molecule has 0 saturated carbocycles. The number of aromatic nitrogens is 3. The average molecular weight is 393 g/mol. The van der Waals surface area contributed by atoms with Gasteiger partial charge in [0.2, 0.25) is 5.91 Å². The van der Waals surface area contributed by atoms with Crippen LogP contribution in [0.25, 0.3) is 11.2 Å². The second-order valence-corrected chi connectivity index (χ2v) is 7.94. The standard InChI is InChI=1S/C17H17ClN4OS2/c1-11-2-4-13(5-3-11)24-7-6-19-15(23)10-25-17-21-14-8-12(18)9-20-16(14)22-17/h2-5,8-9H,6-7,10H2,1H3,(H,19,23)(H,20,21,22). The van der Waals surface area contributed by atoms with Crippen molar-refractivity contribution in [3.8, 4) is 0 Å². The number of nitrogens with one attached hydrogen (secondary N) is 2. The molecule has 0 atom stereocenters. The lowest BCUT2D eigenvalue weighted by atomic mass is 10.2. The molecule has 2 N–H and O–H groups in total. The van der Waals surface area contributed by atoms with E-state index in [2.05, 4.69) is 51.5 Å². The maximum absolute atomic E-state index is 11.9. The van der Waals surface area contributed by atoms with Crippen LogP contribution in [0.15, 0.2) is 46.6 Å². The minimum absolute atomic E-state index is 0.0130. The monoisotopic (exact) mass is 392 g/mol. The number of imidazole rings is 1. The van der Waals surface area contributed by atoms with Gasteiger partial charge in [0.25, 0.3) is 0 Å². The predicted molar refractivity (Wildman–Crippen MR) is 105 cm³/mol. The summed E-state index contributed by atoms with van der Waals surface area (Å²) >= 11 is 8.97. The Bertz CT molecular complexity index is 867. The highest BCUT2D eigenvalue weighted by atomic mass is 35.5. The molecular weight excluding hydrogens is 376 g/mol. The molecule has 0 spiro atoms. The van der Waals surface area contributed by atoms with Gasteiger partial charge >= 0.3 is 0 Å². The van der Waals surface area contributed by atoms with Crippen LogP contribution in [0, 0.1) is 6.92 Å². The van der Waals surface area contributed by atoms with E-state index in [1.54, 1.807) is 24.0 Å². The second-order valence-electron chi connectivity index (χ2n) is 5.37. The van der Waals surface area contributed by atoms with Crippen LogP contribution in [0.2, 0.25) is 5.02 Å². The number of pyridine rings is 1. The summed E-state index contributed by atoms with van der Waals surface area (Å²) in [5.41, 5.74) is 2.62. The Labute approximate surface area is 159 Å². The van der Waals surface area contributed by atoms with E-state index in [4.69, 9.17) is 11.6 Å². The minimum Gasteiger partial charge on any atom is -0.355 e. The summed E-state index contributed by atoms with van der Waals surface area (Å²) in [6.07, 6.45) is 1.55. The molecule has 1 aromatic carbocycles. The summed E-state index contributed by atoms with van der Waals surface area (Å²) in [5, 5.41) is 4.13. The molecule has 0 aliphatic heterocycles. The zero-order chi connectivity index (χ0) is 17.6. The summed E-state index contributed by atoms with van der Waals surface area (Å²) in [6, 6.07) is 10.1. The van der Waals surface area contributed by atoms with Crippen LogP contribution in [0.1, 0.15) is 5.56 Å². The lowest BCUT2D eigenvalue weighted by Gasteiger charge is -2.05. The molecule has 1 amide bonds. The van der Waals surface area contributed by atoms with Crippen LogP contribution in [-0.2, 0) is 4.79 Å². The van der Waals surface area contributed by atoms with Crippen molar-refractivity contribution in [1.29, 1.82) is 0 Å². The number of carbonyl (C=O) groups excluding carboxylic acids is 1. The van der Waals surface area contributed by atoms with Crippen molar-refractivity contribution in [2.24, 2.45) is 0 Å². The molecule has 2 aromatic heterocycles. The van der Waals surface area contributed by atoms with Crippen molar-refractivity contribution in [1.82, 2.24) is 20.3 Å². The summed E-state index contributed by atoms with van der Waals surface area (Å²) in [6.45, 7) is 2.70.